The number of ether oxygens (including phenoxy) is 1. The SMILES string of the molecule is C=C(OC(C)(C)C)N1CCNCCC1(C)C. The van der Waals surface area contributed by atoms with Gasteiger partial charge in [-0.15, -0.1) is 0 Å². The maximum absolute atomic E-state index is 5.87. The fourth-order valence-corrected chi connectivity index (χ4v) is 2.02. The van der Waals surface area contributed by atoms with Crippen molar-refractivity contribution in [2.45, 2.75) is 52.2 Å². The van der Waals surface area contributed by atoms with Crippen LogP contribution in [-0.4, -0.2) is 35.7 Å². The first-order chi connectivity index (χ1) is 7.22. The molecule has 0 bridgehead atoms. The highest BCUT2D eigenvalue weighted by Crippen LogP contribution is 2.26. The number of rotatable bonds is 2. The quantitative estimate of drug-likeness (QED) is 0.732. The van der Waals surface area contributed by atoms with Crippen LogP contribution in [0.15, 0.2) is 12.5 Å². The first-order valence-corrected chi connectivity index (χ1v) is 6.09. The molecule has 1 N–H and O–H groups in total. The van der Waals surface area contributed by atoms with E-state index in [1.54, 1.807) is 0 Å². The molecule has 16 heavy (non-hydrogen) atoms. The Morgan fingerprint density at radius 1 is 1.31 bits per heavy atom. The monoisotopic (exact) mass is 226 g/mol. The molecule has 0 aromatic heterocycles. The molecule has 1 aliphatic heterocycles. The molecule has 0 unspecified atom stereocenters. The summed E-state index contributed by atoms with van der Waals surface area (Å²) < 4.78 is 5.87. The lowest BCUT2D eigenvalue weighted by molar-refractivity contribution is -0.0228. The Kier molecular flexibility index (Phi) is 3.89. The average molecular weight is 226 g/mol. The molecule has 1 aliphatic rings. The summed E-state index contributed by atoms with van der Waals surface area (Å²) in [6, 6.07) is 0. The van der Waals surface area contributed by atoms with Crippen LogP contribution in [0.4, 0.5) is 0 Å². The van der Waals surface area contributed by atoms with Crippen molar-refractivity contribution in [3.8, 4) is 0 Å². The summed E-state index contributed by atoms with van der Waals surface area (Å²) in [5.74, 6) is 0.793. The van der Waals surface area contributed by atoms with E-state index in [4.69, 9.17) is 4.74 Å². The van der Waals surface area contributed by atoms with Gasteiger partial charge in [0.05, 0.1) is 0 Å². The molecule has 1 saturated heterocycles. The van der Waals surface area contributed by atoms with E-state index in [2.05, 4.69) is 51.4 Å². The van der Waals surface area contributed by atoms with Crippen LogP contribution >= 0.6 is 0 Å². The van der Waals surface area contributed by atoms with Gasteiger partial charge in [0.1, 0.15) is 5.60 Å². The minimum absolute atomic E-state index is 0.117. The standard InChI is InChI=1S/C13H26N2O/c1-11(16-12(2,3)4)15-10-9-14-8-7-13(15,5)6/h14H,1,7-10H2,2-6H3. The summed E-state index contributed by atoms with van der Waals surface area (Å²) in [4.78, 5) is 2.28. The molecule has 94 valence electrons. The Labute approximate surface area is 99.8 Å². The summed E-state index contributed by atoms with van der Waals surface area (Å²) in [5, 5.41) is 3.41. The molecule has 3 heteroatoms. The van der Waals surface area contributed by atoms with Crippen LogP contribution in [0.3, 0.4) is 0 Å². The summed E-state index contributed by atoms with van der Waals surface area (Å²) in [6.45, 7) is 17.8. The van der Waals surface area contributed by atoms with Gasteiger partial charge in [0, 0.05) is 18.6 Å². The van der Waals surface area contributed by atoms with Gasteiger partial charge in [0.2, 0.25) is 0 Å². The van der Waals surface area contributed by atoms with Crippen LogP contribution in [0.2, 0.25) is 0 Å². The van der Waals surface area contributed by atoms with Crippen LogP contribution < -0.4 is 5.32 Å². The molecule has 3 nitrogen and oxygen atoms in total. The van der Waals surface area contributed by atoms with Gasteiger partial charge in [0.15, 0.2) is 5.88 Å². The molecule has 1 heterocycles. The molecule has 0 spiro atoms. The molecule has 0 atom stereocenters. The highest BCUT2D eigenvalue weighted by molar-refractivity contribution is 4.97. The maximum Gasteiger partial charge on any atom is 0.182 e. The molecular formula is C13H26N2O. The number of nitrogens with zero attached hydrogens (tertiary/aromatic N) is 1. The Bertz CT molecular complexity index is 253. The lowest BCUT2D eigenvalue weighted by atomic mass is 9.99. The van der Waals surface area contributed by atoms with Crippen molar-refractivity contribution in [1.29, 1.82) is 0 Å². The summed E-state index contributed by atoms with van der Waals surface area (Å²) in [7, 11) is 0. The second-order valence-corrected chi connectivity index (χ2v) is 6.07. The predicted molar refractivity (Wildman–Crippen MR) is 68.2 cm³/mol. The minimum Gasteiger partial charge on any atom is -0.474 e. The first-order valence-electron chi connectivity index (χ1n) is 6.09. The minimum atomic E-state index is -0.174. The van der Waals surface area contributed by atoms with E-state index < -0.39 is 0 Å². The third-order valence-electron chi connectivity index (χ3n) is 2.88. The lowest BCUT2D eigenvalue weighted by Gasteiger charge is -2.41. The van der Waals surface area contributed by atoms with Crippen molar-refractivity contribution in [3.05, 3.63) is 12.5 Å². The van der Waals surface area contributed by atoms with Gasteiger partial charge in [-0.2, -0.15) is 0 Å². The second-order valence-electron chi connectivity index (χ2n) is 6.07. The van der Waals surface area contributed by atoms with Gasteiger partial charge in [-0.3, -0.25) is 0 Å². The third-order valence-corrected chi connectivity index (χ3v) is 2.88. The van der Waals surface area contributed by atoms with Gasteiger partial charge in [-0.25, -0.2) is 0 Å². The van der Waals surface area contributed by atoms with Crippen molar-refractivity contribution < 1.29 is 4.74 Å². The maximum atomic E-state index is 5.87. The third kappa shape index (κ3) is 3.71. The van der Waals surface area contributed by atoms with E-state index >= 15 is 0 Å². The molecule has 0 aromatic carbocycles. The number of nitrogens with one attached hydrogen (secondary N) is 1. The van der Waals surface area contributed by atoms with Crippen LogP contribution in [0, 0.1) is 0 Å². The molecule has 0 aromatic rings. The van der Waals surface area contributed by atoms with Gasteiger partial charge in [-0.05, 0) is 54.2 Å². The van der Waals surface area contributed by atoms with Crippen LogP contribution in [0.5, 0.6) is 0 Å². The zero-order chi connectivity index (χ0) is 12.4. The zero-order valence-electron chi connectivity index (χ0n) is 11.4. The summed E-state index contributed by atoms with van der Waals surface area (Å²) in [6.07, 6.45) is 1.11. The Hall–Kier alpha value is -0.700. The van der Waals surface area contributed by atoms with Crippen molar-refractivity contribution in [3.63, 3.8) is 0 Å². The zero-order valence-corrected chi connectivity index (χ0v) is 11.4. The van der Waals surface area contributed by atoms with Crippen molar-refractivity contribution in [2.75, 3.05) is 19.6 Å². The molecule has 0 aliphatic carbocycles. The van der Waals surface area contributed by atoms with E-state index in [0.29, 0.717) is 0 Å². The topological polar surface area (TPSA) is 24.5 Å². The molecule has 1 rings (SSSR count). The molecular weight excluding hydrogens is 200 g/mol. The van der Waals surface area contributed by atoms with E-state index in [1.165, 1.54) is 0 Å². The first kappa shape index (κ1) is 13.4. The van der Waals surface area contributed by atoms with Gasteiger partial charge in [-0.1, -0.05) is 0 Å². The molecule has 0 radical (unpaired) electrons. The Morgan fingerprint density at radius 2 is 1.94 bits per heavy atom. The van der Waals surface area contributed by atoms with Gasteiger partial charge in [0.25, 0.3) is 0 Å². The van der Waals surface area contributed by atoms with Crippen molar-refractivity contribution >= 4 is 0 Å². The Balaban J connectivity index is 2.71. The number of hydrogen-bond acceptors (Lipinski definition) is 3. The van der Waals surface area contributed by atoms with Crippen LogP contribution in [-0.2, 0) is 4.74 Å². The van der Waals surface area contributed by atoms with Crippen LogP contribution in [0.25, 0.3) is 0 Å². The normalized spacial score (nSPS) is 21.4. The largest absolute Gasteiger partial charge is 0.474 e. The van der Waals surface area contributed by atoms with Gasteiger partial charge >= 0.3 is 0 Å². The molecule has 0 saturated carbocycles. The smallest absolute Gasteiger partial charge is 0.182 e. The molecule has 0 amide bonds. The van der Waals surface area contributed by atoms with Crippen molar-refractivity contribution in [1.82, 2.24) is 10.2 Å². The summed E-state index contributed by atoms with van der Waals surface area (Å²) in [5.41, 5.74) is -0.0568. The fraction of sp³-hybridized carbons (Fsp3) is 0.846. The highest BCUT2D eigenvalue weighted by atomic mass is 16.5. The summed E-state index contributed by atoms with van der Waals surface area (Å²) >= 11 is 0. The van der Waals surface area contributed by atoms with E-state index in [1.807, 2.05) is 0 Å². The van der Waals surface area contributed by atoms with Crippen molar-refractivity contribution in [2.24, 2.45) is 0 Å². The Morgan fingerprint density at radius 3 is 2.50 bits per heavy atom. The highest BCUT2D eigenvalue weighted by Gasteiger charge is 2.31. The lowest BCUT2D eigenvalue weighted by Crippen LogP contribution is -2.45. The average Bonchev–Trinajstić information content (AvgIpc) is 2.22. The van der Waals surface area contributed by atoms with Crippen LogP contribution in [0.1, 0.15) is 41.0 Å². The molecule has 1 fully saturated rings. The van der Waals surface area contributed by atoms with E-state index in [0.717, 1.165) is 31.9 Å². The van der Waals surface area contributed by atoms with Gasteiger partial charge < -0.3 is 15.0 Å². The predicted octanol–water partition coefficient (Wildman–Crippen LogP) is 2.35. The number of hydrogen-bond donors (Lipinski definition) is 1. The fourth-order valence-electron chi connectivity index (χ4n) is 2.02. The second kappa shape index (κ2) is 4.66. The van der Waals surface area contributed by atoms with E-state index in [-0.39, 0.29) is 11.1 Å². The van der Waals surface area contributed by atoms with E-state index in [9.17, 15) is 0 Å².